The van der Waals surface area contributed by atoms with E-state index in [0.29, 0.717) is 6.04 Å². The number of hydrogen-bond acceptors (Lipinski definition) is 4. The van der Waals surface area contributed by atoms with Crippen molar-refractivity contribution >= 4 is 17.3 Å². The largest absolute Gasteiger partial charge is 0.356 e. The Hall–Kier alpha value is -1.14. The number of thiazole rings is 1. The maximum Gasteiger partial charge on any atom is 0.191 e. The van der Waals surface area contributed by atoms with Crippen LogP contribution < -0.4 is 10.6 Å². The van der Waals surface area contributed by atoms with Crippen LogP contribution in [0.1, 0.15) is 43.5 Å². The van der Waals surface area contributed by atoms with Crippen LogP contribution in [0.2, 0.25) is 0 Å². The maximum atomic E-state index is 4.45. The second-order valence-corrected chi connectivity index (χ2v) is 7.51. The lowest BCUT2D eigenvalue weighted by molar-refractivity contribution is 0.215. The van der Waals surface area contributed by atoms with Crippen LogP contribution in [0.3, 0.4) is 0 Å². The number of nitrogens with one attached hydrogen (secondary N) is 2. The highest BCUT2D eigenvalue weighted by Crippen LogP contribution is 2.27. The minimum Gasteiger partial charge on any atom is -0.356 e. The minimum atomic E-state index is 0.622. The standard InChI is InChI=1S/C17H31N5S/c1-5-15-12-21-16(23-15)8-9-19-17(18-4)20-10-11-22(13(2)3)14-6-7-14/h12-14H,5-11H2,1-4H3,(H2,18,19,20). The van der Waals surface area contributed by atoms with Crippen LogP contribution in [0.5, 0.6) is 0 Å². The SMILES string of the molecule is CCc1cnc(CCNC(=NC)NCCN(C(C)C)C2CC2)s1. The van der Waals surface area contributed by atoms with Crippen LogP contribution in [0.25, 0.3) is 0 Å². The van der Waals surface area contributed by atoms with E-state index >= 15 is 0 Å². The molecule has 130 valence electrons. The first-order chi connectivity index (χ1) is 11.1. The van der Waals surface area contributed by atoms with Gasteiger partial charge in [0.2, 0.25) is 0 Å². The van der Waals surface area contributed by atoms with Crippen LogP contribution in [0.4, 0.5) is 0 Å². The molecular formula is C17H31N5S. The molecule has 0 amide bonds. The fourth-order valence-electron chi connectivity index (χ4n) is 2.71. The number of hydrogen-bond donors (Lipinski definition) is 2. The average Bonchev–Trinajstić information content (AvgIpc) is 3.27. The van der Waals surface area contributed by atoms with Crippen molar-refractivity contribution < 1.29 is 0 Å². The molecule has 1 heterocycles. The molecule has 0 spiro atoms. The van der Waals surface area contributed by atoms with E-state index in [1.807, 2.05) is 24.6 Å². The van der Waals surface area contributed by atoms with Gasteiger partial charge in [0.15, 0.2) is 5.96 Å². The molecule has 5 nitrogen and oxygen atoms in total. The van der Waals surface area contributed by atoms with Crippen LogP contribution in [-0.2, 0) is 12.8 Å². The van der Waals surface area contributed by atoms with Gasteiger partial charge in [-0.2, -0.15) is 0 Å². The Morgan fingerprint density at radius 2 is 2.13 bits per heavy atom. The van der Waals surface area contributed by atoms with Crippen molar-refractivity contribution in [1.82, 2.24) is 20.5 Å². The number of aliphatic imine (C=N–C) groups is 1. The van der Waals surface area contributed by atoms with E-state index in [9.17, 15) is 0 Å². The first-order valence-corrected chi connectivity index (χ1v) is 9.59. The molecule has 6 heteroatoms. The van der Waals surface area contributed by atoms with E-state index in [-0.39, 0.29) is 0 Å². The van der Waals surface area contributed by atoms with Gasteiger partial charge in [0.25, 0.3) is 0 Å². The van der Waals surface area contributed by atoms with E-state index in [0.717, 1.165) is 44.5 Å². The molecule has 0 aliphatic heterocycles. The van der Waals surface area contributed by atoms with Crippen molar-refractivity contribution in [2.24, 2.45) is 4.99 Å². The minimum absolute atomic E-state index is 0.622. The number of rotatable bonds is 9. The summed E-state index contributed by atoms with van der Waals surface area (Å²) in [6, 6.07) is 1.43. The maximum absolute atomic E-state index is 4.45. The van der Waals surface area contributed by atoms with Crippen LogP contribution in [0.15, 0.2) is 11.2 Å². The Morgan fingerprint density at radius 3 is 2.70 bits per heavy atom. The first-order valence-electron chi connectivity index (χ1n) is 8.77. The number of nitrogens with zero attached hydrogens (tertiary/aromatic N) is 3. The molecule has 2 rings (SSSR count). The van der Waals surface area contributed by atoms with Gasteiger partial charge >= 0.3 is 0 Å². The van der Waals surface area contributed by atoms with E-state index < -0.39 is 0 Å². The van der Waals surface area contributed by atoms with E-state index in [1.165, 1.54) is 22.7 Å². The van der Waals surface area contributed by atoms with Gasteiger partial charge < -0.3 is 10.6 Å². The summed E-state index contributed by atoms with van der Waals surface area (Å²) in [4.78, 5) is 12.7. The van der Waals surface area contributed by atoms with Crippen molar-refractivity contribution in [1.29, 1.82) is 0 Å². The predicted molar refractivity (Wildman–Crippen MR) is 99.4 cm³/mol. The van der Waals surface area contributed by atoms with Crippen molar-refractivity contribution in [3.8, 4) is 0 Å². The van der Waals surface area contributed by atoms with Gasteiger partial charge in [-0.05, 0) is 33.1 Å². The summed E-state index contributed by atoms with van der Waals surface area (Å²) < 4.78 is 0. The molecule has 1 fully saturated rings. The smallest absolute Gasteiger partial charge is 0.191 e. The zero-order chi connectivity index (χ0) is 16.7. The highest BCUT2D eigenvalue weighted by atomic mass is 32.1. The van der Waals surface area contributed by atoms with E-state index in [4.69, 9.17) is 0 Å². The third kappa shape index (κ3) is 6.11. The second-order valence-electron chi connectivity index (χ2n) is 6.31. The van der Waals surface area contributed by atoms with Crippen molar-refractivity contribution in [3.05, 3.63) is 16.1 Å². The molecular weight excluding hydrogens is 306 g/mol. The summed E-state index contributed by atoms with van der Waals surface area (Å²) >= 11 is 1.81. The lowest BCUT2D eigenvalue weighted by atomic mass is 10.3. The van der Waals surface area contributed by atoms with Gasteiger partial charge in [-0.15, -0.1) is 11.3 Å². The Balaban J connectivity index is 1.64. The topological polar surface area (TPSA) is 52.6 Å². The van der Waals surface area contributed by atoms with Crippen molar-refractivity contribution in [2.45, 2.75) is 58.5 Å². The number of aryl methyl sites for hydroxylation is 1. The Labute approximate surface area is 144 Å². The summed E-state index contributed by atoms with van der Waals surface area (Å²) in [6.07, 6.45) is 6.73. The third-order valence-corrected chi connectivity index (χ3v) is 5.35. The molecule has 1 aliphatic carbocycles. The lowest BCUT2D eigenvalue weighted by Gasteiger charge is -2.26. The van der Waals surface area contributed by atoms with Gasteiger partial charge in [0.05, 0.1) is 5.01 Å². The highest BCUT2D eigenvalue weighted by Gasteiger charge is 2.30. The quantitative estimate of drug-likeness (QED) is 0.536. The van der Waals surface area contributed by atoms with Gasteiger partial charge in [-0.1, -0.05) is 6.92 Å². The fourth-order valence-corrected chi connectivity index (χ4v) is 3.57. The van der Waals surface area contributed by atoms with Gasteiger partial charge in [-0.3, -0.25) is 9.89 Å². The fraction of sp³-hybridized carbons (Fsp3) is 0.765. The Kier molecular flexibility index (Phi) is 7.30. The summed E-state index contributed by atoms with van der Waals surface area (Å²) in [5.74, 6) is 0.886. The van der Waals surface area contributed by atoms with Crippen LogP contribution in [-0.4, -0.2) is 54.6 Å². The average molecular weight is 338 g/mol. The summed E-state index contributed by atoms with van der Waals surface area (Å²) in [5.41, 5.74) is 0. The molecule has 1 aromatic rings. The zero-order valence-electron chi connectivity index (χ0n) is 14.9. The summed E-state index contributed by atoms with van der Waals surface area (Å²) in [5, 5.41) is 8.00. The van der Waals surface area contributed by atoms with Crippen LogP contribution >= 0.6 is 11.3 Å². The molecule has 0 unspecified atom stereocenters. The first kappa shape index (κ1) is 18.2. The summed E-state index contributed by atoms with van der Waals surface area (Å²) in [6.45, 7) is 9.62. The molecule has 23 heavy (non-hydrogen) atoms. The molecule has 0 saturated heterocycles. The monoisotopic (exact) mass is 337 g/mol. The number of aromatic nitrogens is 1. The van der Waals surface area contributed by atoms with Gasteiger partial charge in [0.1, 0.15) is 0 Å². The molecule has 0 radical (unpaired) electrons. The molecule has 1 aliphatic rings. The van der Waals surface area contributed by atoms with Crippen molar-refractivity contribution in [3.63, 3.8) is 0 Å². The molecule has 1 aromatic heterocycles. The van der Waals surface area contributed by atoms with E-state index in [1.54, 1.807) is 0 Å². The molecule has 1 saturated carbocycles. The molecule has 0 aromatic carbocycles. The van der Waals surface area contributed by atoms with Crippen molar-refractivity contribution in [2.75, 3.05) is 26.7 Å². The zero-order valence-corrected chi connectivity index (χ0v) is 15.7. The molecule has 0 bridgehead atoms. The van der Waals surface area contributed by atoms with E-state index in [2.05, 4.69) is 46.3 Å². The Bertz CT molecular complexity index is 491. The van der Waals surface area contributed by atoms with Gasteiger partial charge in [0, 0.05) is 56.3 Å². The lowest BCUT2D eigenvalue weighted by Crippen LogP contribution is -2.44. The Morgan fingerprint density at radius 1 is 1.39 bits per heavy atom. The number of guanidine groups is 1. The molecule has 2 N–H and O–H groups in total. The second kappa shape index (κ2) is 9.23. The molecule has 0 atom stereocenters. The highest BCUT2D eigenvalue weighted by molar-refractivity contribution is 7.11. The normalized spacial score (nSPS) is 15.5. The predicted octanol–water partition coefficient (Wildman–Crippen LogP) is 2.29. The third-order valence-electron chi connectivity index (χ3n) is 4.15. The summed E-state index contributed by atoms with van der Waals surface area (Å²) in [7, 11) is 1.83. The van der Waals surface area contributed by atoms with Gasteiger partial charge in [-0.25, -0.2) is 4.98 Å². The van der Waals surface area contributed by atoms with Crippen LogP contribution in [0, 0.1) is 0 Å².